The summed E-state index contributed by atoms with van der Waals surface area (Å²) in [6.07, 6.45) is 0.671. The first-order valence-electron chi connectivity index (χ1n) is 8.94. The number of hydrogen-bond acceptors (Lipinski definition) is 3. The van der Waals surface area contributed by atoms with Crippen LogP contribution in [0.3, 0.4) is 0 Å². The van der Waals surface area contributed by atoms with E-state index in [9.17, 15) is 4.79 Å². The van der Waals surface area contributed by atoms with Crippen molar-refractivity contribution >= 4 is 11.6 Å². The third kappa shape index (κ3) is 4.76. The molecule has 0 saturated heterocycles. The molecular weight excluding hydrogens is 338 g/mol. The fourth-order valence-corrected chi connectivity index (χ4v) is 2.78. The van der Waals surface area contributed by atoms with Gasteiger partial charge in [-0.05, 0) is 46.9 Å². The van der Waals surface area contributed by atoms with Crippen LogP contribution in [0.5, 0.6) is 5.75 Å². The monoisotopic (exact) mass is 363 g/mol. The molecule has 2 N–H and O–H groups in total. The highest BCUT2D eigenvalue weighted by Crippen LogP contribution is 2.23. The number of carbonyl (C=O) groups excluding carboxylic acids is 1. The maximum absolute atomic E-state index is 12.4. The molecule has 140 valence electrons. The third-order valence-electron chi connectivity index (χ3n) is 4.43. The topological polar surface area (TPSA) is 67.0 Å². The number of amides is 1. The van der Waals surface area contributed by atoms with Gasteiger partial charge in [0.25, 0.3) is 5.91 Å². The van der Waals surface area contributed by atoms with Gasteiger partial charge >= 0.3 is 0 Å². The zero-order chi connectivity index (χ0) is 19.4. The molecule has 2 aromatic carbocycles. The summed E-state index contributed by atoms with van der Waals surface area (Å²) in [6, 6.07) is 17.5. The Morgan fingerprint density at radius 1 is 1.07 bits per heavy atom. The minimum Gasteiger partial charge on any atom is -0.497 e. The van der Waals surface area contributed by atoms with Crippen LogP contribution in [0, 0.1) is 0 Å². The molecule has 0 fully saturated rings. The molecular formula is C22H25N3O2. The second-order valence-corrected chi connectivity index (χ2v) is 7.58. The van der Waals surface area contributed by atoms with Crippen LogP contribution in [0.25, 0.3) is 0 Å². The molecule has 5 nitrogen and oxygen atoms in total. The number of benzene rings is 2. The van der Waals surface area contributed by atoms with Crippen molar-refractivity contribution < 1.29 is 9.53 Å². The summed E-state index contributed by atoms with van der Waals surface area (Å²) >= 11 is 0. The van der Waals surface area contributed by atoms with Crippen molar-refractivity contribution in [2.75, 3.05) is 12.4 Å². The highest BCUT2D eigenvalue weighted by Gasteiger charge is 2.14. The number of anilines is 1. The highest BCUT2D eigenvalue weighted by atomic mass is 16.5. The second kappa shape index (κ2) is 7.66. The Labute approximate surface area is 159 Å². The summed E-state index contributed by atoms with van der Waals surface area (Å²) in [5.74, 6) is 0.594. The van der Waals surface area contributed by atoms with Crippen molar-refractivity contribution in [1.82, 2.24) is 10.2 Å². The average molecular weight is 363 g/mol. The molecule has 0 aliphatic carbocycles. The molecule has 1 aromatic heterocycles. The van der Waals surface area contributed by atoms with Crippen LogP contribution >= 0.6 is 0 Å². The van der Waals surface area contributed by atoms with Crippen molar-refractivity contribution in [3.05, 3.63) is 77.1 Å². The van der Waals surface area contributed by atoms with Gasteiger partial charge < -0.3 is 10.1 Å². The minimum absolute atomic E-state index is 0.0844. The van der Waals surface area contributed by atoms with Crippen LogP contribution in [0.4, 0.5) is 5.69 Å². The summed E-state index contributed by atoms with van der Waals surface area (Å²) in [4.78, 5) is 12.4. The van der Waals surface area contributed by atoms with Gasteiger partial charge in [-0.3, -0.25) is 9.89 Å². The largest absolute Gasteiger partial charge is 0.497 e. The molecule has 0 saturated carbocycles. The summed E-state index contributed by atoms with van der Waals surface area (Å²) in [5, 5.41) is 9.96. The van der Waals surface area contributed by atoms with E-state index in [0.717, 1.165) is 22.7 Å². The van der Waals surface area contributed by atoms with Crippen LogP contribution in [-0.2, 0) is 11.8 Å². The van der Waals surface area contributed by atoms with Gasteiger partial charge in [0.05, 0.1) is 7.11 Å². The minimum atomic E-state index is -0.226. The second-order valence-electron chi connectivity index (χ2n) is 7.58. The van der Waals surface area contributed by atoms with Gasteiger partial charge in [0, 0.05) is 17.8 Å². The zero-order valence-corrected chi connectivity index (χ0v) is 16.2. The number of rotatable bonds is 5. The molecule has 1 heterocycles. The summed E-state index contributed by atoms with van der Waals surface area (Å²) in [7, 11) is 1.64. The lowest BCUT2D eigenvalue weighted by Gasteiger charge is -2.19. The lowest BCUT2D eigenvalue weighted by atomic mass is 9.87. The molecule has 3 rings (SSSR count). The van der Waals surface area contributed by atoms with E-state index in [-0.39, 0.29) is 11.3 Å². The number of carbonyl (C=O) groups is 1. The Balaban J connectivity index is 1.64. The summed E-state index contributed by atoms with van der Waals surface area (Å²) in [6.45, 7) is 6.48. The van der Waals surface area contributed by atoms with Crippen molar-refractivity contribution in [1.29, 1.82) is 0 Å². The number of aromatic nitrogens is 2. The summed E-state index contributed by atoms with van der Waals surface area (Å²) in [5.41, 5.74) is 4.44. The first kappa shape index (κ1) is 18.7. The number of aromatic amines is 1. The van der Waals surface area contributed by atoms with E-state index in [1.807, 2.05) is 48.5 Å². The maximum atomic E-state index is 12.4. The van der Waals surface area contributed by atoms with Crippen LogP contribution in [0.2, 0.25) is 0 Å². The molecule has 0 unspecified atom stereocenters. The molecule has 0 spiro atoms. The van der Waals surface area contributed by atoms with Gasteiger partial charge in [-0.15, -0.1) is 0 Å². The van der Waals surface area contributed by atoms with E-state index in [1.54, 1.807) is 13.2 Å². The van der Waals surface area contributed by atoms with Crippen molar-refractivity contribution in [2.45, 2.75) is 32.6 Å². The highest BCUT2D eigenvalue weighted by molar-refractivity contribution is 6.02. The molecule has 27 heavy (non-hydrogen) atoms. The average Bonchev–Trinajstić information content (AvgIpc) is 3.11. The SMILES string of the molecule is COc1ccc(Cc2cc(C(=O)Nc3ccc(C(C)(C)C)cc3)n[nH]2)cc1. The van der Waals surface area contributed by atoms with Gasteiger partial charge in [-0.1, -0.05) is 45.0 Å². The number of ether oxygens (including phenoxy) is 1. The molecule has 5 heteroatoms. The van der Waals surface area contributed by atoms with Crippen molar-refractivity contribution in [2.24, 2.45) is 0 Å². The number of methoxy groups -OCH3 is 1. The predicted molar refractivity (Wildman–Crippen MR) is 107 cm³/mol. The van der Waals surface area contributed by atoms with E-state index < -0.39 is 0 Å². The van der Waals surface area contributed by atoms with Crippen LogP contribution < -0.4 is 10.1 Å². The van der Waals surface area contributed by atoms with E-state index in [0.29, 0.717) is 12.1 Å². The smallest absolute Gasteiger partial charge is 0.276 e. The zero-order valence-electron chi connectivity index (χ0n) is 16.2. The third-order valence-corrected chi connectivity index (χ3v) is 4.43. The van der Waals surface area contributed by atoms with E-state index in [1.165, 1.54) is 5.56 Å². The Morgan fingerprint density at radius 2 is 1.74 bits per heavy atom. The first-order valence-corrected chi connectivity index (χ1v) is 8.94. The van der Waals surface area contributed by atoms with E-state index >= 15 is 0 Å². The number of hydrogen-bond donors (Lipinski definition) is 2. The van der Waals surface area contributed by atoms with Crippen molar-refractivity contribution in [3.8, 4) is 5.75 Å². The van der Waals surface area contributed by atoms with Crippen LogP contribution in [0.1, 0.15) is 48.1 Å². The molecule has 0 radical (unpaired) electrons. The molecule has 0 aliphatic heterocycles. The summed E-state index contributed by atoms with van der Waals surface area (Å²) < 4.78 is 5.16. The Hall–Kier alpha value is -3.08. The Bertz CT molecular complexity index is 904. The number of H-pyrrole nitrogens is 1. The standard InChI is InChI=1S/C22H25N3O2/c1-22(2,3)16-7-9-17(10-8-16)23-21(26)20-14-18(24-25-20)13-15-5-11-19(27-4)12-6-15/h5-12,14H,13H2,1-4H3,(H,23,26)(H,24,25). The first-order chi connectivity index (χ1) is 12.8. The molecule has 0 aliphatic rings. The molecule has 1 amide bonds. The van der Waals surface area contributed by atoms with Crippen molar-refractivity contribution in [3.63, 3.8) is 0 Å². The van der Waals surface area contributed by atoms with E-state index in [4.69, 9.17) is 4.74 Å². The van der Waals surface area contributed by atoms with Gasteiger partial charge in [-0.2, -0.15) is 5.10 Å². The Kier molecular flexibility index (Phi) is 5.31. The quantitative estimate of drug-likeness (QED) is 0.698. The van der Waals surface area contributed by atoms with Gasteiger partial charge in [0.15, 0.2) is 5.69 Å². The normalized spacial score (nSPS) is 11.3. The fraction of sp³-hybridized carbons (Fsp3) is 0.273. The maximum Gasteiger partial charge on any atom is 0.276 e. The number of nitrogens with zero attached hydrogens (tertiary/aromatic N) is 1. The van der Waals surface area contributed by atoms with Crippen LogP contribution in [-0.4, -0.2) is 23.2 Å². The lowest BCUT2D eigenvalue weighted by Crippen LogP contribution is -2.14. The lowest BCUT2D eigenvalue weighted by molar-refractivity contribution is 0.102. The molecule has 0 bridgehead atoms. The number of nitrogens with one attached hydrogen (secondary N) is 2. The van der Waals surface area contributed by atoms with E-state index in [2.05, 4.69) is 36.3 Å². The van der Waals surface area contributed by atoms with Gasteiger partial charge in [-0.25, -0.2) is 0 Å². The molecule has 0 atom stereocenters. The van der Waals surface area contributed by atoms with Gasteiger partial charge in [0.2, 0.25) is 0 Å². The fourth-order valence-electron chi connectivity index (χ4n) is 2.78. The van der Waals surface area contributed by atoms with Crippen LogP contribution in [0.15, 0.2) is 54.6 Å². The Morgan fingerprint density at radius 3 is 2.33 bits per heavy atom. The predicted octanol–water partition coefficient (Wildman–Crippen LogP) is 4.56. The molecule has 3 aromatic rings. The van der Waals surface area contributed by atoms with Gasteiger partial charge in [0.1, 0.15) is 5.75 Å².